The maximum atomic E-state index is 10.1. The van der Waals surface area contributed by atoms with E-state index in [4.69, 9.17) is 4.74 Å². The van der Waals surface area contributed by atoms with E-state index in [1.54, 1.807) is 6.08 Å². The van der Waals surface area contributed by atoms with Crippen molar-refractivity contribution in [2.75, 3.05) is 6.61 Å². The molecule has 0 bridgehead atoms. The number of allylic oxidation sites excluding steroid dienone is 7. The zero-order valence-corrected chi connectivity index (χ0v) is 19.7. The highest BCUT2D eigenvalue weighted by Gasteiger charge is 2.18. The van der Waals surface area contributed by atoms with Crippen LogP contribution < -0.4 is 0 Å². The lowest BCUT2D eigenvalue weighted by Gasteiger charge is -2.19. The molecule has 0 radical (unpaired) electrons. The van der Waals surface area contributed by atoms with Crippen molar-refractivity contribution < 1.29 is 4.74 Å². The molecule has 2 nitrogen and oxygen atoms in total. The molecular weight excluding hydrogens is 390 g/mol. The van der Waals surface area contributed by atoms with Crippen LogP contribution in [-0.4, -0.2) is 6.61 Å². The van der Waals surface area contributed by atoms with Gasteiger partial charge in [0.1, 0.15) is 17.4 Å². The Labute approximate surface area is 193 Å². The van der Waals surface area contributed by atoms with Gasteiger partial charge in [-0.05, 0) is 47.2 Å². The van der Waals surface area contributed by atoms with Gasteiger partial charge in [-0.3, -0.25) is 0 Å². The second kappa shape index (κ2) is 13.2. The van der Waals surface area contributed by atoms with Gasteiger partial charge in [0.05, 0.1) is 6.61 Å². The number of fused-ring (bicyclic) bond motifs is 1. The van der Waals surface area contributed by atoms with Crippen LogP contribution in [0.1, 0.15) is 52.0 Å². The smallest absolute Gasteiger partial charge is 0.130 e. The molecule has 2 aromatic rings. The first kappa shape index (κ1) is 25.0. The first-order valence-corrected chi connectivity index (χ1v) is 11.5. The molecule has 0 aliphatic heterocycles. The Kier molecular flexibility index (Phi) is 10.3. The minimum Gasteiger partial charge on any atom is -0.493 e. The van der Waals surface area contributed by atoms with Gasteiger partial charge in [0, 0.05) is 5.57 Å². The SMILES string of the molecule is C=CC(=C\C=C/C)/C(=C(/C#N)C(=C)OCC(CC)CCCC)c1ccc2ccccc2c1. The van der Waals surface area contributed by atoms with E-state index in [1.165, 1.54) is 12.8 Å². The number of hydrogen-bond donors (Lipinski definition) is 0. The maximum Gasteiger partial charge on any atom is 0.130 e. The van der Waals surface area contributed by atoms with Gasteiger partial charge in [0.2, 0.25) is 0 Å². The Morgan fingerprint density at radius 2 is 1.91 bits per heavy atom. The molecule has 2 aromatic carbocycles. The number of rotatable bonds is 12. The molecule has 166 valence electrons. The van der Waals surface area contributed by atoms with Crippen molar-refractivity contribution in [1.29, 1.82) is 5.26 Å². The molecule has 0 fully saturated rings. The van der Waals surface area contributed by atoms with E-state index in [9.17, 15) is 5.26 Å². The number of nitriles is 1. The summed E-state index contributed by atoms with van der Waals surface area (Å²) in [5.74, 6) is 0.882. The summed E-state index contributed by atoms with van der Waals surface area (Å²) in [5, 5.41) is 12.4. The highest BCUT2D eigenvalue weighted by Crippen LogP contribution is 2.33. The number of nitrogens with zero attached hydrogens (tertiary/aromatic N) is 1. The topological polar surface area (TPSA) is 33.0 Å². The lowest BCUT2D eigenvalue weighted by atomic mass is 9.90. The third kappa shape index (κ3) is 6.59. The highest BCUT2D eigenvalue weighted by atomic mass is 16.5. The van der Waals surface area contributed by atoms with Crippen LogP contribution in [0.25, 0.3) is 16.3 Å². The summed E-state index contributed by atoms with van der Waals surface area (Å²) in [6, 6.07) is 16.8. The first-order chi connectivity index (χ1) is 15.6. The summed E-state index contributed by atoms with van der Waals surface area (Å²) in [4.78, 5) is 0. The standard InChI is InChI=1S/C30H35NO/c1-6-10-14-24(8-3)22-32-23(5)29(21-31)30(25(9-4)15-11-7-2)28-19-18-26-16-12-13-17-27(26)20-28/h7,9,11-13,15-20,24H,4-6,8,10,14,22H2,1-3H3/b11-7-,25-15+,30-29+. The Morgan fingerprint density at radius 3 is 2.53 bits per heavy atom. The van der Waals surface area contributed by atoms with Crippen molar-refractivity contribution in [2.45, 2.75) is 46.5 Å². The Bertz CT molecular complexity index is 1060. The predicted molar refractivity (Wildman–Crippen MR) is 138 cm³/mol. The molecular formula is C30H35NO. The average molecular weight is 426 g/mol. The zero-order valence-electron chi connectivity index (χ0n) is 19.7. The summed E-state index contributed by atoms with van der Waals surface area (Å²) in [6.45, 7) is 15.1. The summed E-state index contributed by atoms with van der Waals surface area (Å²) in [5.41, 5.74) is 3.04. The van der Waals surface area contributed by atoms with Crippen LogP contribution >= 0.6 is 0 Å². The lowest BCUT2D eigenvalue weighted by Crippen LogP contribution is -2.10. The molecule has 0 aliphatic carbocycles. The summed E-state index contributed by atoms with van der Waals surface area (Å²) < 4.78 is 6.08. The summed E-state index contributed by atoms with van der Waals surface area (Å²) in [7, 11) is 0. The third-order valence-electron chi connectivity index (χ3n) is 5.69. The number of hydrogen-bond acceptors (Lipinski definition) is 2. The van der Waals surface area contributed by atoms with E-state index in [2.05, 4.69) is 57.3 Å². The van der Waals surface area contributed by atoms with E-state index >= 15 is 0 Å². The second-order valence-corrected chi connectivity index (χ2v) is 7.93. The largest absolute Gasteiger partial charge is 0.493 e. The Morgan fingerprint density at radius 1 is 1.16 bits per heavy atom. The fourth-order valence-corrected chi connectivity index (χ4v) is 3.70. The van der Waals surface area contributed by atoms with Gasteiger partial charge in [0.25, 0.3) is 0 Å². The summed E-state index contributed by atoms with van der Waals surface area (Å²) >= 11 is 0. The van der Waals surface area contributed by atoms with Gasteiger partial charge in [0.15, 0.2) is 0 Å². The average Bonchev–Trinajstić information content (AvgIpc) is 2.83. The van der Waals surface area contributed by atoms with Crippen molar-refractivity contribution >= 4 is 16.3 Å². The highest BCUT2D eigenvalue weighted by molar-refractivity contribution is 5.93. The van der Waals surface area contributed by atoms with Crippen LogP contribution in [0.3, 0.4) is 0 Å². The molecule has 1 unspecified atom stereocenters. The van der Waals surface area contributed by atoms with Crippen LogP contribution in [-0.2, 0) is 4.74 Å². The minimum absolute atomic E-state index is 0.416. The van der Waals surface area contributed by atoms with Crippen molar-refractivity contribution in [3.8, 4) is 6.07 Å². The molecule has 0 saturated heterocycles. The van der Waals surface area contributed by atoms with Crippen LogP contribution in [0, 0.1) is 17.2 Å². The van der Waals surface area contributed by atoms with E-state index < -0.39 is 0 Å². The monoisotopic (exact) mass is 425 g/mol. The van der Waals surface area contributed by atoms with Crippen molar-refractivity contribution in [2.24, 2.45) is 5.92 Å². The predicted octanol–water partition coefficient (Wildman–Crippen LogP) is 8.55. The second-order valence-electron chi connectivity index (χ2n) is 7.93. The quantitative estimate of drug-likeness (QED) is 0.194. The van der Waals surface area contributed by atoms with E-state index in [0.717, 1.165) is 40.3 Å². The van der Waals surface area contributed by atoms with Crippen LogP contribution in [0.5, 0.6) is 0 Å². The minimum atomic E-state index is 0.416. The molecule has 2 rings (SSSR count). The van der Waals surface area contributed by atoms with E-state index in [1.807, 2.05) is 43.4 Å². The molecule has 0 saturated carbocycles. The Hall–Kier alpha value is -3.31. The normalized spacial score (nSPS) is 13.5. The molecule has 0 heterocycles. The van der Waals surface area contributed by atoms with Crippen LogP contribution in [0.4, 0.5) is 0 Å². The van der Waals surface area contributed by atoms with Crippen molar-refractivity contribution in [1.82, 2.24) is 0 Å². The van der Waals surface area contributed by atoms with E-state index in [0.29, 0.717) is 23.9 Å². The Balaban J connectivity index is 2.54. The van der Waals surface area contributed by atoms with Gasteiger partial charge in [-0.1, -0.05) is 107 Å². The molecule has 0 spiro atoms. The van der Waals surface area contributed by atoms with Gasteiger partial charge in [-0.25, -0.2) is 0 Å². The molecule has 0 amide bonds. The molecule has 0 aromatic heterocycles. The van der Waals surface area contributed by atoms with Crippen LogP contribution in [0.2, 0.25) is 0 Å². The molecule has 32 heavy (non-hydrogen) atoms. The van der Waals surface area contributed by atoms with E-state index in [-0.39, 0.29) is 0 Å². The number of ether oxygens (including phenoxy) is 1. The van der Waals surface area contributed by atoms with Gasteiger partial charge >= 0.3 is 0 Å². The molecule has 0 aliphatic rings. The van der Waals surface area contributed by atoms with Crippen molar-refractivity contribution in [3.63, 3.8) is 0 Å². The fourth-order valence-electron chi connectivity index (χ4n) is 3.70. The zero-order chi connectivity index (χ0) is 23.3. The third-order valence-corrected chi connectivity index (χ3v) is 5.69. The summed E-state index contributed by atoms with van der Waals surface area (Å²) in [6.07, 6.45) is 12.2. The first-order valence-electron chi connectivity index (χ1n) is 11.5. The van der Waals surface area contributed by atoms with Crippen molar-refractivity contribution in [3.05, 3.63) is 102 Å². The van der Waals surface area contributed by atoms with Crippen LogP contribution in [0.15, 0.2) is 96.8 Å². The van der Waals surface area contributed by atoms with Gasteiger partial charge in [-0.2, -0.15) is 5.26 Å². The molecule has 0 N–H and O–H groups in total. The lowest BCUT2D eigenvalue weighted by molar-refractivity contribution is 0.164. The van der Waals surface area contributed by atoms with Gasteiger partial charge in [-0.15, -0.1) is 0 Å². The van der Waals surface area contributed by atoms with Gasteiger partial charge < -0.3 is 4.74 Å². The maximum absolute atomic E-state index is 10.1. The molecule has 2 heteroatoms. The fraction of sp³-hybridized carbons (Fsp3) is 0.300. The molecule has 1 atom stereocenters. The number of benzene rings is 2. The number of unbranched alkanes of at least 4 members (excludes halogenated alkanes) is 1.